The zero-order valence-electron chi connectivity index (χ0n) is 41.7. The van der Waals surface area contributed by atoms with Crippen LogP contribution in [-0.4, -0.2) is 146 Å². The third kappa shape index (κ3) is 17.8. The molecule has 0 saturated carbocycles. The first kappa shape index (κ1) is 56.7. The molecule has 3 aromatic carbocycles. The summed E-state index contributed by atoms with van der Waals surface area (Å²) in [4.78, 5) is 29.5. The van der Waals surface area contributed by atoms with E-state index in [1.165, 1.54) is 0 Å². The summed E-state index contributed by atoms with van der Waals surface area (Å²) in [5.41, 5.74) is 1.54. The molecule has 69 heavy (non-hydrogen) atoms. The summed E-state index contributed by atoms with van der Waals surface area (Å²) in [6, 6.07) is 26.0. The fourth-order valence-corrected chi connectivity index (χ4v) is 13.3. The number of ether oxygens (including phenoxy) is 7. The Morgan fingerprint density at radius 3 is 1.78 bits per heavy atom. The largest absolute Gasteiger partial charge is 0.497 e. The lowest BCUT2D eigenvalue weighted by Crippen LogP contribution is -2.53. The lowest BCUT2D eigenvalue weighted by Gasteiger charge is -2.45. The monoisotopic (exact) mass is 1020 g/mol. The van der Waals surface area contributed by atoms with Crippen molar-refractivity contribution < 1.29 is 51.8 Å². The molecule has 18 heteroatoms. The first-order valence-corrected chi connectivity index (χ1v) is 28.4. The Morgan fingerprint density at radius 1 is 0.725 bits per heavy atom. The number of benzene rings is 3. The maximum atomic E-state index is 14.4. The molecule has 2 saturated heterocycles. The molecule has 0 aromatic heterocycles. The van der Waals surface area contributed by atoms with Crippen molar-refractivity contribution in [2.45, 2.75) is 94.7 Å². The molecule has 4 atom stereocenters. The Balaban J connectivity index is 1.00. The van der Waals surface area contributed by atoms with Crippen LogP contribution in [0.3, 0.4) is 0 Å². The van der Waals surface area contributed by atoms with Crippen molar-refractivity contribution in [1.29, 1.82) is 0 Å². The highest BCUT2D eigenvalue weighted by atomic mass is 32.2. The smallest absolute Gasteiger partial charge is 0.319 e. The maximum absolute atomic E-state index is 14.4. The minimum atomic E-state index is -2.54. The fourth-order valence-electron chi connectivity index (χ4n) is 8.56. The zero-order valence-corrected chi connectivity index (χ0v) is 44.4. The van der Waals surface area contributed by atoms with Crippen molar-refractivity contribution in [1.82, 2.24) is 20.6 Å². The van der Waals surface area contributed by atoms with Gasteiger partial charge in [-0.15, -0.1) is 0 Å². The second-order valence-corrected chi connectivity index (χ2v) is 22.7. The molecule has 3 aromatic rings. The Labute approximate surface area is 417 Å². The molecule has 3 N–H and O–H groups in total. The number of carbonyl (C=O) groups excluding carboxylic acids is 2. The number of nitrogens with zero attached hydrogens (tertiary/aromatic N) is 1. The van der Waals surface area contributed by atoms with E-state index in [1.807, 2.05) is 81.9 Å². The second kappa shape index (κ2) is 29.9. The Morgan fingerprint density at radius 2 is 1.25 bits per heavy atom. The number of hydrogen-bond acceptors (Lipinski definition) is 12. The van der Waals surface area contributed by atoms with Crippen molar-refractivity contribution in [2.24, 2.45) is 0 Å². The van der Waals surface area contributed by atoms with E-state index >= 15 is 0 Å². The number of carbonyl (C=O) groups is 2. The van der Waals surface area contributed by atoms with Crippen molar-refractivity contribution in [3.8, 4) is 11.5 Å². The van der Waals surface area contributed by atoms with Crippen LogP contribution in [0.1, 0.15) is 82.9 Å². The molecule has 2 aliphatic rings. The fraction of sp³-hybridized carbons (Fsp3) is 0.608. The molecule has 2 heterocycles. The van der Waals surface area contributed by atoms with E-state index in [-0.39, 0.29) is 29.3 Å². The molecule has 0 spiro atoms. The van der Waals surface area contributed by atoms with Crippen molar-refractivity contribution in [2.75, 3.05) is 106 Å². The summed E-state index contributed by atoms with van der Waals surface area (Å²) in [6.45, 7) is 14.9. The third-order valence-corrected chi connectivity index (χ3v) is 16.3. The van der Waals surface area contributed by atoms with Crippen LogP contribution in [0.2, 0.25) is 0 Å². The van der Waals surface area contributed by atoms with E-state index in [0.29, 0.717) is 92.2 Å². The molecule has 384 valence electrons. The van der Waals surface area contributed by atoms with Gasteiger partial charge < -0.3 is 57.7 Å². The summed E-state index contributed by atoms with van der Waals surface area (Å²) in [6.07, 6.45) is 4.69. The van der Waals surface area contributed by atoms with Gasteiger partial charge in [-0.05, 0) is 94.3 Å². The van der Waals surface area contributed by atoms with Crippen molar-refractivity contribution in [3.05, 3.63) is 95.6 Å². The molecule has 2 fully saturated rings. The number of nitrogens with one attached hydrogen (secondary N) is 3. The number of fused-ring (bicyclic) bond motifs is 1. The number of amides is 3. The SMILES string of the molecule is CCOCCOCCOCCOCCOCCOP(=P)(NCCCCCNC(=O)CCCC1SCC2C1NC(=O)N2C(c1ccccc1)(c1ccc(OC)cc1)c1ccc(OC)cc1)OC(C)(C)C. The first-order valence-electron chi connectivity index (χ1n) is 24.4. The van der Waals surface area contributed by atoms with Gasteiger partial charge in [0.15, 0.2) is 0 Å². The van der Waals surface area contributed by atoms with Gasteiger partial charge in [-0.25, -0.2) is 4.79 Å². The minimum absolute atomic E-state index is 0.0534. The molecule has 15 nitrogen and oxygen atoms in total. The van der Waals surface area contributed by atoms with Crippen LogP contribution in [0.5, 0.6) is 11.5 Å². The van der Waals surface area contributed by atoms with Gasteiger partial charge in [0.1, 0.15) is 17.0 Å². The topological polar surface area (TPSA) is 157 Å². The molecule has 5 rings (SSSR count). The average Bonchev–Trinajstić information content (AvgIpc) is 3.89. The highest BCUT2D eigenvalue weighted by Gasteiger charge is 2.57. The number of thioether (sulfide) groups is 1. The van der Waals surface area contributed by atoms with E-state index in [2.05, 4.69) is 65.5 Å². The van der Waals surface area contributed by atoms with E-state index in [1.54, 1.807) is 14.2 Å². The predicted molar refractivity (Wildman–Crippen MR) is 277 cm³/mol. The minimum Gasteiger partial charge on any atom is -0.497 e. The number of methoxy groups -OCH3 is 2. The van der Waals surface area contributed by atoms with E-state index in [9.17, 15) is 9.59 Å². The number of rotatable bonds is 35. The summed E-state index contributed by atoms with van der Waals surface area (Å²) in [7, 11) is 4.58. The second-order valence-electron chi connectivity index (χ2n) is 17.8. The van der Waals surface area contributed by atoms with Crippen LogP contribution in [0.25, 0.3) is 0 Å². The standard InChI is InChI=1S/C51H78N4O11P2S/c1-7-60-29-30-61-31-32-62-33-34-63-35-36-64-37-38-65-68(67,66-50(2,3)4)53-28-13-9-12-27-52-47(56)18-14-17-46-48-45(39-69-46)55(49(57)54-48)51(40-15-10-8-11-16-40,41-19-23-43(58-5)24-20-41)42-21-25-44(59-6)26-22-42/h8,10-11,15-16,19-26,45-46,48,53,67H,7,9,12-14,17-18,27-39H2,1-6H3,(H,52,56)(H,54,57). The molecule has 4 unspecified atom stereocenters. The lowest BCUT2D eigenvalue weighted by atomic mass is 9.74. The zero-order chi connectivity index (χ0) is 49.4. The van der Waals surface area contributed by atoms with Gasteiger partial charge in [0.05, 0.1) is 98.0 Å². The number of urea groups is 1. The molecule has 0 bridgehead atoms. The Kier molecular flexibility index (Phi) is 24.6. The first-order chi connectivity index (χ1) is 33.4. The average molecular weight is 1020 g/mol. The molecule has 0 radical (unpaired) electrons. The van der Waals surface area contributed by atoms with Gasteiger partial charge in [0.25, 0.3) is 0 Å². The predicted octanol–water partition coefficient (Wildman–Crippen LogP) is 8.67. The van der Waals surface area contributed by atoms with Gasteiger partial charge in [-0.3, -0.25) is 9.88 Å². The van der Waals surface area contributed by atoms with Gasteiger partial charge in [-0.2, -0.15) is 11.8 Å². The van der Waals surface area contributed by atoms with Crippen molar-refractivity contribution >= 4 is 39.4 Å². The van der Waals surface area contributed by atoms with Gasteiger partial charge in [0, 0.05) is 37.1 Å². The van der Waals surface area contributed by atoms with Crippen LogP contribution in [0.15, 0.2) is 78.9 Å². The Bertz CT molecular complexity index is 1930. The van der Waals surface area contributed by atoms with Crippen LogP contribution < -0.4 is 25.2 Å². The highest BCUT2D eigenvalue weighted by Crippen LogP contribution is 2.53. The van der Waals surface area contributed by atoms with Crippen LogP contribution in [0.4, 0.5) is 4.79 Å². The molecule has 3 amide bonds. The van der Waals surface area contributed by atoms with Crippen LogP contribution >= 0.6 is 27.4 Å². The summed E-state index contributed by atoms with van der Waals surface area (Å²) in [5.74, 6) is 2.31. The lowest BCUT2D eigenvalue weighted by molar-refractivity contribution is -0.121. The molecule has 0 aliphatic carbocycles. The third-order valence-electron chi connectivity index (χ3n) is 11.7. The number of hydrogen-bond donors (Lipinski definition) is 3. The highest BCUT2D eigenvalue weighted by molar-refractivity contribution is 8.00. The van der Waals surface area contributed by atoms with Crippen LogP contribution in [0, 0.1) is 0 Å². The van der Waals surface area contributed by atoms with E-state index in [0.717, 1.165) is 66.0 Å². The van der Waals surface area contributed by atoms with Crippen LogP contribution in [-0.2, 0) is 43.1 Å². The maximum Gasteiger partial charge on any atom is 0.319 e. The van der Waals surface area contributed by atoms with Gasteiger partial charge in [-0.1, -0.05) is 69.5 Å². The summed E-state index contributed by atoms with van der Waals surface area (Å²) in [5, 5.41) is 10.2. The molecular formula is C51H78N4O11P2S. The number of unbranched alkanes of at least 4 members (excludes halogenated alkanes) is 2. The molecular weight excluding hydrogens is 939 g/mol. The van der Waals surface area contributed by atoms with Gasteiger partial charge >= 0.3 is 6.03 Å². The normalized spacial score (nSPS) is 17.9. The summed E-state index contributed by atoms with van der Waals surface area (Å²) < 4.78 is 51.0. The molecule has 2 aliphatic heterocycles. The van der Waals surface area contributed by atoms with Gasteiger partial charge in [0.2, 0.25) is 13.1 Å². The summed E-state index contributed by atoms with van der Waals surface area (Å²) >= 11 is 1.88. The van der Waals surface area contributed by atoms with E-state index < -0.39 is 18.3 Å². The van der Waals surface area contributed by atoms with E-state index in [4.69, 9.17) is 42.2 Å². The quantitative estimate of drug-likeness (QED) is 0.0223. The van der Waals surface area contributed by atoms with Crippen molar-refractivity contribution in [3.63, 3.8) is 0 Å². The Hall–Kier alpha value is -3.24.